The van der Waals surface area contributed by atoms with Crippen LogP contribution in [0.2, 0.25) is 0 Å². The predicted octanol–water partition coefficient (Wildman–Crippen LogP) is 3.34. The van der Waals surface area contributed by atoms with Crippen LogP contribution in [0.5, 0.6) is 0 Å². The molecule has 1 amide bonds. The summed E-state index contributed by atoms with van der Waals surface area (Å²) >= 11 is 0. The zero-order chi connectivity index (χ0) is 17.4. The number of hydrogen-bond donors (Lipinski definition) is 2. The molecule has 0 saturated heterocycles. The minimum absolute atomic E-state index is 0.0935. The van der Waals surface area contributed by atoms with Crippen LogP contribution in [-0.4, -0.2) is 10.9 Å². The number of hydrogen-bond acceptors (Lipinski definition) is 2. The zero-order valence-electron chi connectivity index (χ0n) is 11.8. The molecule has 24 heavy (non-hydrogen) atoms. The van der Waals surface area contributed by atoms with Crippen molar-refractivity contribution in [1.82, 2.24) is 4.98 Å². The van der Waals surface area contributed by atoms with Gasteiger partial charge in [0.05, 0.1) is 10.9 Å². The number of anilines is 1. The first-order chi connectivity index (χ1) is 11.4. The van der Waals surface area contributed by atoms with Gasteiger partial charge in [0.2, 0.25) is 5.43 Å². The SMILES string of the molecule is O=C(Nc1cccc(F)c1)c1c[nH]c2c(F)c(F)c(F)cc2c1=O. The summed E-state index contributed by atoms with van der Waals surface area (Å²) in [5.74, 6) is -6.34. The van der Waals surface area contributed by atoms with Crippen LogP contribution in [0.25, 0.3) is 10.9 Å². The first-order valence-electron chi connectivity index (χ1n) is 6.64. The van der Waals surface area contributed by atoms with Crippen LogP contribution in [0.15, 0.2) is 41.3 Å². The lowest BCUT2D eigenvalue weighted by Gasteiger charge is -2.07. The van der Waals surface area contributed by atoms with Crippen molar-refractivity contribution in [3.8, 4) is 0 Å². The normalized spacial score (nSPS) is 10.8. The fourth-order valence-electron chi connectivity index (χ4n) is 2.20. The summed E-state index contributed by atoms with van der Waals surface area (Å²) < 4.78 is 53.2. The Balaban J connectivity index is 2.07. The van der Waals surface area contributed by atoms with E-state index in [2.05, 4.69) is 10.3 Å². The number of carbonyl (C=O) groups is 1. The molecule has 0 aliphatic rings. The molecule has 2 aromatic carbocycles. The minimum Gasteiger partial charge on any atom is -0.358 e. The number of halogens is 4. The molecule has 0 saturated carbocycles. The zero-order valence-corrected chi connectivity index (χ0v) is 11.8. The fourth-order valence-corrected chi connectivity index (χ4v) is 2.20. The highest BCUT2D eigenvalue weighted by molar-refractivity contribution is 6.05. The monoisotopic (exact) mass is 336 g/mol. The maximum atomic E-state index is 13.6. The molecule has 2 N–H and O–H groups in total. The van der Waals surface area contributed by atoms with Gasteiger partial charge in [-0.15, -0.1) is 0 Å². The molecule has 1 heterocycles. The van der Waals surface area contributed by atoms with Gasteiger partial charge in [-0.2, -0.15) is 0 Å². The number of aromatic nitrogens is 1. The molecule has 122 valence electrons. The molecule has 1 aromatic heterocycles. The second kappa shape index (κ2) is 5.80. The number of amides is 1. The molecule has 3 rings (SSSR count). The highest BCUT2D eigenvalue weighted by Gasteiger charge is 2.19. The third-order valence-corrected chi connectivity index (χ3v) is 3.34. The Morgan fingerprint density at radius 1 is 1.04 bits per heavy atom. The van der Waals surface area contributed by atoms with E-state index in [1.54, 1.807) is 0 Å². The summed E-state index contributed by atoms with van der Waals surface area (Å²) in [5, 5.41) is 1.77. The Hall–Kier alpha value is -3.16. The van der Waals surface area contributed by atoms with E-state index in [1.807, 2.05) is 0 Å². The first kappa shape index (κ1) is 15.7. The van der Waals surface area contributed by atoms with Gasteiger partial charge in [-0.25, -0.2) is 17.6 Å². The molecule has 0 radical (unpaired) electrons. The molecular formula is C16H8F4N2O2. The number of benzene rings is 2. The Bertz CT molecular complexity index is 1030. The predicted molar refractivity (Wildman–Crippen MR) is 78.8 cm³/mol. The van der Waals surface area contributed by atoms with E-state index in [-0.39, 0.29) is 5.69 Å². The van der Waals surface area contributed by atoms with Gasteiger partial charge in [0.25, 0.3) is 5.91 Å². The van der Waals surface area contributed by atoms with Crippen molar-refractivity contribution >= 4 is 22.5 Å². The summed E-state index contributed by atoms with van der Waals surface area (Å²) in [5.41, 5.74) is -1.91. The molecule has 4 nitrogen and oxygen atoms in total. The molecule has 0 aliphatic heterocycles. The summed E-state index contributed by atoms with van der Waals surface area (Å²) in [6.45, 7) is 0. The summed E-state index contributed by atoms with van der Waals surface area (Å²) in [7, 11) is 0. The van der Waals surface area contributed by atoms with Crippen molar-refractivity contribution in [2.75, 3.05) is 5.32 Å². The smallest absolute Gasteiger partial charge is 0.261 e. The molecular weight excluding hydrogens is 328 g/mol. The number of nitrogens with one attached hydrogen (secondary N) is 2. The lowest BCUT2D eigenvalue weighted by molar-refractivity contribution is 0.102. The highest BCUT2D eigenvalue weighted by atomic mass is 19.2. The van der Waals surface area contributed by atoms with E-state index in [4.69, 9.17) is 0 Å². The molecule has 0 unspecified atom stereocenters. The Labute approximate surface area is 131 Å². The van der Waals surface area contributed by atoms with Crippen molar-refractivity contribution < 1.29 is 22.4 Å². The van der Waals surface area contributed by atoms with Gasteiger partial charge in [0.1, 0.15) is 11.4 Å². The Kier molecular flexibility index (Phi) is 3.80. The summed E-state index contributed by atoms with van der Waals surface area (Å²) in [6, 6.07) is 5.44. The molecule has 0 bridgehead atoms. The Morgan fingerprint density at radius 2 is 1.79 bits per heavy atom. The fraction of sp³-hybridized carbons (Fsp3) is 0. The number of pyridine rings is 1. The maximum Gasteiger partial charge on any atom is 0.261 e. The molecule has 8 heteroatoms. The van der Waals surface area contributed by atoms with Crippen LogP contribution in [0.1, 0.15) is 10.4 Å². The van der Waals surface area contributed by atoms with Crippen LogP contribution in [0.4, 0.5) is 23.2 Å². The van der Waals surface area contributed by atoms with Gasteiger partial charge in [0.15, 0.2) is 17.5 Å². The third-order valence-electron chi connectivity index (χ3n) is 3.34. The van der Waals surface area contributed by atoms with Crippen molar-refractivity contribution in [3.63, 3.8) is 0 Å². The number of carbonyl (C=O) groups excluding carboxylic acids is 1. The van der Waals surface area contributed by atoms with Gasteiger partial charge in [0, 0.05) is 11.9 Å². The first-order valence-corrected chi connectivity index (χ1v) is 6.64. The van der Waals surface area contributed by atoms with E-state index in [0.717, 1.165) is 12.3 Å². The molecule has 0 fully saturated rings. The van der Waals surface area contributed by atoms with Crippen LogP contribution in [0.3, 0.4) is 0 Å². The van der Waals surface area contributed by atoms with Crippen LogP contribution < -0.4 is 10.7 Å². The lowest BCUT2D eigenvalue weighted by atomic mass is 10.1. The van der Waals surface area contributed by atoms with Crippen molar-refractivity contribution in [2.24, 2.45) is 0 Å². The second-order valence-electron chi connectivity index (χ2n) is 4.90. The minimum atomic E-state index is -1.73. The Morgan fingerprint density at radius 3 is 2.50 bits per heavy atom. The maximum absolute atomic E-state index is 13.6. The average molecular weight is 336 g/mol. The highest BCUT2D eigenvalue weighted by Crippen LogP contribution is 2.19. The topological polar surface area (TPSA) is 62.0 Å². The lowest BCUT2D eigenvalue weighted by Crippen LogP contribution is -2.22. The average Bonchev–Trinajstić information content (AvgIpc) is 2.54. The summed E-state index contributed by atoms with van der Waals surface area (Å²) in [6.07, 6.45) is 0.875. The molecule has 3 aromatic rings. The van der Waals surface area contributed by atoms with Crippen LogP contribution >= 0.6 is 0 Å². The van der Waals surface area contributed by atoms with Crippen LogP contribution in [-0.2, 0) is 0 Å². The quantitative estimate of drug-likeness (QED) is 0.557. The van der Waals surface area contributed by atoms with E-state index in [1.165, 1.54) is 18.2 Å². The summed E-state index contributed by atoms with van der Waals surface area (Å²) in [4.78, 5) is 26.6. The van der Waals surface area contributed by atoms with E-state index < -0.39 is 51.1 Å². The second-order valence-corrected chi connectivity index (χ2v) is 4.90. The van der Waals surface area contributed by atoms with E-state index >= 15 is 0 Å². The molecule has 0 aliphatic carbocycles. The largest absolute Gasteiger partial charge is 0.358 e. The molecule has 0 atom stereocenters. The number of fused-ring (bicyclic) bond motifs is 1. The van der Waals surface area contributed by atoms with Gasteiger partial charge in [-0.1, -0.05) is 6.07 Å². The van der Waals surface area contributed by atoms with Crippen molar-refractivity contribution in [3.05, 3.63) is 75.6 Å². The van der Waals surface area contributed by atoms with E-state index in [0.29, 0.717) is 6.07 Å². The number of rotatable bonds is 2. The van der Waals surface area contributed by atoms with Crippen molar-refractivity contribution in [2.45, 2.75) is 0 Å². The standard InChI is InChI=1S/C16H8F4N2O2/c17-7-2-1-3-8(4-7)22-16(24)10-6-21-14-9(15(10)23)5-11(18)12(19)13(14)20/h1-6H,(H,21,23)(H,22,24). The van der Waals surface area contributed by atoms with Gasteiger partial charge < -0.3 is 10.3 Å². The van der Waals surface area contributed by atoms with E-state index in [9.17, 15) is 27.2 Å². The van der Waals surface area contributed by atoms with Gasteiger partial charge in [-0.05, 0) is 24.3 Å². The number of aromatic amines is 1. The van der Waals surface area contributed by atoms with Gasteiger partial charge in [-0.3, -0.25) is 9.59 Å². The molecule has 0 spiro atoms. The van der Waals surface area contributed by atoms with Gasteiger partial charge >= 0.3 is 0 Å². The number of H-pyrrole nitrogens is 1. The van der Waals surface area contributed by atoms with Crippen LogP contribution in [0, 0.1) is 23.3 Å². The van der Waals surface area contributed by atoms with Crippen molar-refractivity contribution in [1.29, 1.82) is 0 Å². The third kappa shape index (κ3) is 2.62.